The number of thioether (sulfide) groups is 1. The first-order valence-electron chi connectivity index (χ1n) is 12.5. The Morgan fingerprint density at radius 1 is 1.10 bits per heavy atom. The van der Waals surface area contributed by atoms with Crippen LogP contribution in [0.25, 0.3) is 11.8 Å². The van der Waals surface area contributed by atoms with Gasteiger partial charge in [0.2, 0.25) is 0 Å². The van der Waals surface area contributed by atoms with Crippen molar-refractivity contribution in [2.45, 2.75) is 13.8 Å². The molecule has 10 nitrogen and oxygen atoms in total. The van der Waals surface area contributed by atoms with Crippen LogP contribution in [0.3, 0.4) is 0 Å². The average Bonchev–Trinajstić information content (AvgIpc) is 3.37. The first-order valence-corrected chi connectivity index (χ1v) is 13.7. The van der Waals surface area contributed by atoms with Gasteiger partial charge in [-0.05, 0) is 79.7 Å². The van der Waals surface area contributed by atoms with E-state index in [1.807, 2.05) is 35.4 Å². The number of benzene rings is 2. The molecule has 0 N–H and O–H groups in total. The Balaban J connectivity index is 1.41. The van der Waals surface area contributed by atoms with Gasteiger partial charge in [-0.1, -0.05) is 11.6 Å². The molecule has 0 atom stereocenters. The average molecular weight is 581 g/mol. The standard InChI is InChI=1S/C28H25ClN4O6S/c1-17-13-20(14-26-27(35)31(28(36)40-26)16-25(34)19-3-5-21(29)6-4-19)18(2)32(17)22-7-8-23(24(15-22)33(37)38)30-9-11-39-12-10-30/h3-8,13-15H,9-12,16H2,1-2H3/b26-14-. The number of carbonyl (C=O) groups is 3. The smallest absolute Gasteiger partial charge is 0.294 e. The molecule has 1 aromatic heterocycles. The molecule has 0 radical (unpaired) electrons. The number of aromatic nitrogens is 1. The van der Waals surface area contributed by atoms with Crippen molar-refractivity contribution in [3.63, 3.8) is 0 Å². The van der Waals surface area contributed by atoms with Gasteiger partial charge in [0, 0.05) is 41.1 Å². The van der Waals surface area contributed by atoms with E-state index in [4.69, 9.17) is 16.3 Å². The fourth-order valence-corrected chi connectivity index (χ4v) is 5.80. The number of morpholine rings is 1. The molecule has 0 spiro atoms. The Morgan fingerprint density at radius 2 is 1.80 bits per heavy atom. The minimum absolute atomic E-state index is 0.0000705. The van der Waals surface area contributed by atoms with Crippen LogP contribution in [-0.2, 0) is 9.53 Å². The number of nitro groups is 1. The number of hydrogen-bond donors (Lipinski definition) is 0. The number of ether oxygens (including phenoxy) is 1. The van der Waals surface area contributed by atoms with Gasteiger partial charge in [0.15, 0.2) is 5.78 Å². The van der Waals surface area contributed by atoms with Crippen LogP contribution in [0.4, 0.5) is 16.2 Å². The molecule has 5 rings (SSSR count). The van der Waals surface area contributed by atoms with E-state index in [0.717, 1.165) is 28.0 Å². The lowest BCUT2D eigenvalue weighted by molar-refractivity contribution is -0.384. The van der Waals surface area contributed by atoms with Crippen LogP contribution in [0.1, 0.15) is 27.3 Å². The van der Waals surface area contributed by atoms with Gasteiger partial charge in [-0.15, -0.1) is 0 Å². The van der Waals surface area contributed by atoms with Gasteiger partial charge in [0.05, 0.1) is 35.3 Å². The SMILES string of the molecule is Cc1cc(/C=C2\SC(=O)N(CC(=O)c3ccc(Cl)cc3)C2=O)c(C)n1-c1ccc(N2CCOCC2)c([N+](=O)[O-])c1. The number of hydrogen-bond acceptors (Lipinski definition) is 8. The van der Waals surface area contributed by atoms with E-state index in [0.29, 0.717) is 53.8 Å². The molecule has 40 heavy (non-hydrogen) atoms. The Kier molecular flexibility index (Phi) is 7.79. The van der Waals surface area contributed by atoms with Gasteiger partial charge < -0.3 is 14.2 Å². The van der Waals surface area contributed by atoms with Crippen LogP contribution >= 0.6 is 23.4 Å². The van der Waals surface area contributed by atoms with Crippen LogP contribution in [-0.4, -0.2) is 64.2 Å². The first kappa shape index (κ1) is 27.6. The van der Waals surface area contributed by atoms with Crippen LogP contribution in [0, 0.1) is 24.0 Å². The van der Waals surface area contributed by atoms with Crippen molar-refractivity contribution < 1.29 is 24.0 Å². The molecular weight excluding hydrogens is 556 g/mol. The predicted octanol–water partition coefficient (Wildman–Crippen LogP) is 5.41. The lowest BCUT2D eigenvalue weighted by Gasteiger charge is -2.28. The Labute approximate surface area is 239 Å². The Bertz CT molecular complexity index is 1560. The number of carbonyl (C=O) groups excluding carboxylic acids is 3. The van der Waals surface area contributed by atoms with E-state index in [2.05, 4.69) is 0 Å². The molecule has 3 aromatic rings. The quantitative estimate of drug-likeness (QED) is 0.158. The molecule has 2 aliphatic rings. The summed E-state index contributed by atoms with van der Waals surface area (Å²) in [6.07, 6.45) is 1.62. The summed E-state index contributed by atoms with van der Waals surface area (Å²) in [6, 6.07) is 13.2. The second-order valence-corrected chi connectivity index (χ2v) is 10.8. The highest BCUT2D eigenvalue weighted by atomic mass is 35.5. The lowest BCUT2D eigenvalue weighted by atomic mass is 10.1. The molecule has 12 heteroatoms. The van der Waals surface area contributed by atoms with Crippen LogP contribution in [0.15, 0.2) is 53.4 Å². The number of Topliss-reactive ketones (excluding diaryl/α,β-unsaturated/α-hetero) is 1. The highest BCUT2D eigenvalue weighted by Gasteiger charge is 2.36. The number of rotatable bonds is 7. The van der Waals surface area contributed by atoms with Gasteiger partial charge in [-0.3, -0.25) is 29.4 Å². The van der Waals surface area contributed by atoms with E-state index < -0.39 is 11.1 Å². The molecule has 2 saturated heterocycles. The number of anilines is 1. The van der Waals surface area contributed by atoms with Crippen molar-refractivity contribution in [1.29, 1.82) is 0 Å². The first-order chi connectivity index (χ1) is 19.1. The van der Waals surface area contributed by atoms with E-state index in [-0.39, 0.29) is 27.8 Å². The van der Waals surface area contributed by atoms with Gasteiger partial charge >= 0.3 is 0 Å². The number of halogens is 1. The topological polar surface area (TPSA) is 115 Å². The number of ketones is 1. The summed E-state index contributed by atoms with van der Waals surface area (Å²) < 4.78 is 7.25. The maximum Gasteiger partial charge on any atom is 0.294 e. The van der Waals surface area contributed by atoms with Crippen LogP contribution < -0.4 is 4.90 Å². The summed E-state index contributed by atoms with van der Waals surface area (Å²) in [4.78, 5) is 53.0. The summed E-state index contributed by atoms with van der Waals surface area (Å²) in [6.45, 7) is 5.51. The lowest BCUT2D eigenvalue weighted by Crippen LogP contribution is -2.36. The van der Waals surface area contributed by atoms with Crippen molar-refractivity contribution in [3.8, 4) is 5.69 Å². The highest BCUT2D eigenvalue weighted by molar-refractivity contribution is 8.18. The predicted molar refractivity (Wildman–Crippen MR) is 153 cm³/mol. The summed E-state index contributed by atoms with van der Waals surface area (Å²) in [7, 11) is 0. The zero-order chi connectivity index (χ0) is 28.6. The normalized spacial score (nSPS) is 16.7. The third-order valence-electron chi connectivity index (χ3n) is 6.86. The summed E-state index contributed by atoms with van der Waals surface area (Å²) in [5.41, 5.74) is 3.74. The molecule has 3 heterocycles. The molecule has 0 bridgehead atoms. The molecular formula is C28H25ClN4O6S. The molecule has 2 aromatic carbocycles. The zero-order valence-corrected chi connectivity index (χ0v) is 23.3. The van der Waals surface area contributed by atoms with Crippen molar-refractivity contribution in [2.75, 3.05) is 37.7 Å². The second-order valence-electron chi connectivity index (χ2n) is 9.39. The van der Waals surface area contributed by atoms with Gasteiger partial charge in [0.25, 0.3) is 16.8 Å². The number of aryl methyl sites for hydroxylation is 1. The van der Waals surface area contributed by atoms with Crippen LogP contribution in [0.5, 0.6) is 0 Å². The molecule has 2 fully saturated rings. The Morgan fingerprint density at radius 3 is 2.48 bits per heavy atom. The van der Waals surface area contributed by atoms with Crippen molar-refractivity contribution >= 4 is 57.7 Å². The minimum Gasteiger partial charge on any atom is -0.378 e. The maximum atomic E-state index is 13.1. The van der Waals surface area contributed by atoms with E-state index in [1.54, 1.807) is 42.5 Å². The van der Waals surface area contributed by atoms with E-state index >= 15 is 0 Å². The number of nitrogens with zero attached hydrogens (tertiary/aromatic N) is 4. The van der Waals surface area contributed by atoms with E-state index in [1.165, 1.54) is 0 Å². The number of imide groups is 1. The zero-order valence-electron chi connectivity index (χ0n) is 21.8. The number of amides is 2. The van der Waals surface area contributed by atoms with Crippen molar-refractivity contribution in [1.82, 2.24) is 9.47 Å². The number of nitro benzene ring substituents is 1. The molecule has 0 saturated carbocycles. The van der Waals surface area contributed by atoms with Crippen LogP contribution in [0.2, 0.25) is 5.02 Å². The highest BCUT2D eigenvalue weighted by Crippen LogP contribution is 2.36. The molecule has 206 valence electrons. The molecule has 2 amide bonds. The summed E-state index contributed by atoms with van der Waals surface area (Å²) in [5.74, 6) is -0.923. The summed E-state index contributed by atoms with van der Waals surface area (Å²) >= 11 is 6.65. The van der Waals surface area contributed by atoms with Gasteiger partial charge in [0.1, 0.15) is 5.69 Å². The molecule has 2 aliphatic heterocycles. The third kappa shape index (κ3) is 5.40. The van der Waals surface area contributed by atoms with Crippen molar-refractivity contribution in [3.05, 3.63) is 91.1 Å². The van der Waals surface area contributed by atoms with Gasteiger partial charge in [-0.25, -0.2) is 0 Å². The second kappa shape index (κ2) is 11.3. The molecule has 0 unspecified atom stereocenters. The van der Waals surface area contributed by atoms with Gasteiger partial charge in [-0.2, -0.15) is 0 Å². The fourth-order valence-electron chi connectivity index (χ4n) is 4.85. The van der Waals surface area contributed by atoms with E-state index in [9.17, 15) is 24.5 Å². The minimum atomic E-state index is -0.549. The third-order valence-corrected chi connectivity index (χ3v) is 8.02. The van der Waals surface area contributed by atoms with Crippen molar-refractivity contribution in [2.24, 2.45) is 0 Å². The maximum absolute atomic E-state index is 13.1. The Hall–Kier alpha value is -3.93. The largest absolute Gasteiger partial charge is 0.378 e. The summed E-state index contributed by atoms with van der Waals surface area (Å²) in [5, 5.41) is 11.9. The fraction of sp³-hybridized carbons (Fsp3) is 0.250. The monoisotopic (exact) mass is 580 g/mol. The molecule has 0 aliphatic carbocycles.